The van der Waals surface area contributed by atoms with Gasteiger partial charge in [-0.15, -0.1) is 11.3 Å². The first-order valence-electron chi connectivity index (χ1n) is 11.4. The number of nitrogens with zero attached hydrogens (tertiary/aromatic N) is 6. The van der Waals surface area contributed by atoms with Gasteiger partial charge in [-0.1, -0.05) is 53.2 Å². The molecule has 0 saturated carbocycles. The fraction of sp³-hybridized carbons (Fsp3) is 0.231. The number of benzene rings is 2. The molecular formula is C26H24N6OS. The van der Waals surface area contributed by atoms with Crippen LogP contribution in [0.15, 0.2) is 70.6 Å². The molecule has 1 fully saturated rings. The molecule has 0 radical (unpaired) electrons. The molecule has 0 N–H and O–H groups in total. The van der Waals surface area contributed by atoms with Crippen LogP contribution in [0.5, 0.6) is 0 Å². The van der Waals surface area contributed by atoms with Crippen molar-refractivity contribution < 1.29 is 4.52 Å². The lowest BCUT2D eigenvalue weighted by atomic mass is 10.1. The fourth-order valence-electron chi connectivity index (χ4n) is 4.26. The third-order valence-electron chi connectivity index (χ3n) is 6.13. The Bertz CT molecular complexity index is 1410. The largest absolute Gasteiger partial charge is 0.353 e. The van der Waals surface area contributed by atoms with Gasteiger partial charge in [-0.2, -0.15) is 4.98 Å². The summed E-state index contributed by atoms with van der Waals surface area (Å²) in [5.74, 6) is 3.09. The number of piperazine rings is 1. The first kappa shape index (κ1) is 20.9. The Hall–Kier alpha value is -3.62. The molecule has 0 spiro atoms. The van der Waals surface area contributed by atoms with E-state index in [1.54, 1.807) is 11.3 Å². The molecule has 5 aromatic rings. The predicted octanol–water partition coefficient (Wildman–Crippen LogP) is 5.04. The number of aromatic nitrogens is 4. The third-order valence-corrected chi connectivity index (χ3v) is 7.00. The highest BCUT2D eigenvalue weighted by Crippen LogP contribution is 2.30. The lowest BCUT2D eigenvalue weighted by molar-refractivity contribution is 0.215. The van der Waals surface area contributed by atoms with Gasteiger partial charge in [-0.3, -0.25) is 4.90 Å². The molecular weight excluding hydrogens is 444 g/mol. The van der Waals surface area contributed by atoms with E-state index in [2.05, 4.69) is 68.6 Å². The van der Waals surface area contributed by atoms with Crippen LogP contribution in [-0.4, -0.2) is 51.2 Å². The van der Waals surface area contributed by atoms with E-state index in [4.69, 9.17) is 14.5 Å². The fourth-order valence-corrected chi connectivity index (χ4v) is 4.92. The Balaban J connectivity index is 1.17. The summed E-state index contributed by atoms with van der Waals surface area (Å²) >= 11 is 1.67. The number of hydrogen-bond acceptors (Lipinski definition) is 8. The summed E-state index contributed by atoms with van der Waals surface area (Å²) in [5, 5.41) is 7.33. The van der Waals surface area contributed by atoms with Gasteiger partial charge in [-0.25, -0.2) is 9.97 Å². The van der Waals surface area contributed by atoms with E-state index in [1.165, 1.54) is 5.56 Å². The lowest BCUT2D eigenvalue weighted by Crippen LogP contribution is -2.46. The molecule has 1 aliphatic heterocycles. The summed E-state index contributed by atoms with van der Waals surface area (Å²) in [4.78, 5) is 20.2. The number of aryl methyl sites for hydroxylation is 1. The maximum absolute atomic E-state index is 5.54. The van der Waals surface area contributed by atoms with Gasteiger partial charge in [-0.05, 0) is 30.5 Å². The summed E-state index contributed by atoms with van der Waals surface area (Å²) < 4.78 is 5.54. The second kappa shape index (κ2) is 8.96. The highest BCUT2D eigenvalue weighted by atomic mass is 32.1. The monoisotopic (exact) mass is 468 g/mol. The number of fused-ring (bicyclic) bond motifs is 1. The van der Waals surface area contributed by atoms with Crippen LogP contribution < -0.4 is 4.90 Å². The van der Waals surface area contributed by atoms with E-state index < -0.39 is 0 Å². The minimum absolute atomic E-state index is 0.641. The zero-order valence-electron chi connectivity index (χ0n) is 18.9. The summed E-state index contributed by atoms with van der Waals surface area (Å²) in [6.45, 7) is 6.27. The third kappa shape index (κ3) is 4.18. The Labute approximate surface area is 201 Å². The van der Waals surface area contributed by atoms with Gasteiger partial charge in [0.2, 0.25) is 11.7 Å². The van der Waals surface area contributed by atoms with E-state index >= 15 is 0 Å². The normalized spacial score (nSPS) is 14.7. The standard InChI is InChI=1S/C26H24N6OS/c1-18-8-10-19(11-9-18)24-28-23(33-30-24)17-31-12-14-32(15-13-31)26-20-5-2-3-6-21(20)27-25(29-26)22-7-4-16-34-22/h2-11,16H,12-15,17H2,1H3. The SMILES string of the molecule is Cc1ccc(-c2noc(CN3CCN(c4nc(-c5cccs5)nc5ccccc45)CC3)n2)cc1. The average Bonchev–Trinajstić information content (AvgIpc) is 3.57. The van der Waals surface area contributed by atoms with Crippen molar-refractivity contribution in [2.45, 2.75) is 13.5 Å². The Morgan fingerprint density at radius 3 is 2.47 bits per heavy atom. The number of hydrogen-bond donors (Lipinski definition) is 0. The van der Waals surface area contributed by atoms with Gasteiger partial charge < -0.3 is 9.42 Å². The Morgan fingerprint density at radius 2 is 1.68 bits per heavy atom. The van der Waals surface area contributed by atoms with Gasteiger partial charge >= 0.3 is 0 Å². The van der Waals surface area contributed by atoms with Crippen molar-refractivity contribution >= 4 is 28.1 Å². The predicted molar refractivity (Wildman–Crippen MR) is 135 cm³/mol. The van der Waals surface area contributed by atoms with Crippen molar-refractivity contribution in [3.8, 4) is 22.1 Å². The second-order valence-corrected chi connectivity index (χ2v) is 9.45. The van der Waals surface area contributed by atoms with Crippen molar-refractivity contribution in [3.05, 3.63) is 77.5 Å². The smallest absolute Gasteiger partial charge is 0.241 e. The molecule has 1 saturated heterocycles. The van der Waals surface area contributed by atoms with Crippen LogP contribution >= 0.6 is 11.3 Å². The number of anilines is 1. The second-order valence-electron chi connectivity index (χ2n) is 8.51. The first-order chi connectivity index (χ1) is 16.7. The molecule has 4 heterocycles. The maximum atomic E-state index is 5.54. The molecule has 34 heavy (non-hydrogen) atoms. The Kier molecular flexibility index (Phi) is 5.52. The molecule has 6 rings (SSSR count). The molecule has 1 aliphatic rings. The van der Waals surface area contributed by atoms with Crippen molar-refractivity contribution in [1.82, 2.24) is 25.0 Å². The van der Waals surface area contributed by atoms with E-state index in [1.807, 2.05) is 24.3 Å². The van der Waals surface area contributed by atoms with Crippen LogP contribution in [0.25, 0.3) is 33.0 Å². The summed E-state index contributed by atoms with van der Waals surface area (Å²) in [6.07, 6.45) is 0. The molecule has 0 aliphatic carbocycles. The summed E-state index contributed by atoms with van der Waals surface area (Å²) in [7, 11) is 0. The quantitative estimate of drug-likeness (QED) is 0.358. The van der Waals surface area contributed by atoms with Gasteiger partial charge in [0.1, 0.15) is 5.82 Å². The average molecular weight is 469 g/mol. The summed E-state index contributed by atoms with van der Waals surface area (Å²) in [6, 6.07) is 20.6. The summed E-state index contributed by atoms with van der Waals surface area (Å²) in [5.41, 5.74) is 3.17. The van der Waals surface area contributed by atoms with Crippen LogP contribution in [-0.2, 0) is 6.54 Å². The minimum Gasteiger partial charge on any atom is -0.353 e. The number of thiophene rings is 1. The topological polar surface area (TPSA) is 71.2 Å². The van der Waals surface area contributed by atoms with Crippen LogP contribution in [0.4, 0.5) is 5.82 Å². The van der Waals surface area contributed by atoms with Crippen LogP contribution in [0, 0.1) is 6.92 Å². The zero-order valence-corrected chi connectivity index (χ0v) is 19.7. The van der Waals surface area contributed by atoms with Crippen molar-refractivity contribution in [1.29, 1.82) is 0 Å². The molecule has 8 heteroatoms. The van der Waals surface area contributed by atoms with Crippen LogP contribution in [0.2, 0.25) is 0 Å². The van der Waals surface area contributed by atoms with E-state index in [-0.39, 0.29) is 0 Å². The van der Waals surface area contributed by atoms with Crippen LogP contribution in [0.3, 0.4) is 0 Å². The number of rotatable bonds is 5. The molecule has 3 aromatic heterocycles. The van der Waals surface area contributed by atoms with Crippen molar-refractivity contribution in [3.63, 3.8) is 0 Å². The number of para-hydroxylation sites is 1. The lowest BCUT2D eigenvalue weighted by Gasteiger charge is -2.35. The van der Waals surface area contributed by atoms with Crippen LogP contribution in [0.1, 0.15) is 11.5 Å². The molecule has 2 aromatic carbocycles. The van der Waals surface area contributed by atoms with E-state index in [9.17, 15) is 0 Å². The molecule has 0 atom stereocenters. The van der Waals surface area contributed by atoms with Crippen molar-refractivity contribution in [2.24, 2.45) is 0 Å². The van der Waals surface area contributed by atoms with Crippen molar-refractivity contribution in [2.75, 3.05) is 31.1 Å². The Morgan fingerprint density at radius 1 is 0.853 bits per heavy atom. The first-order valence-corrected chi connectivity index (χ1v) is 12.3. The molecule has 0 unspecified atom stereocenters. The highest BCUT2D eigenvalue weighted by molar-refractivity contribution is 7.13. The van der Waals surface area contributed by atoms with E-state index in [0.717, 1.165) is 59.2 Å². The maximum Gasteiger partial charge on any atom is 0.241 e. The minimum atomic E-state index is 0.641. The molecule has 170 valence electrons. The highest BCUT2D eigenvalue weighted by Gasteiger charge is 2.23. The molecule has 7 nitrogen and oxygen atoms in total. The van der Waals surface area contributed by atoms with E-state index in [0.29, 0.717) is 18.3 Å². The molecule has 0 amide bonds. The molecule has 0 bridgehead atoms. The van der Waals surface area contributed by atoms with Gasteiger partial charge in [0.15, 0.2) is 5.82 Å². The van der Waals surface area contributed by atoms with Gasteiger partial charge in [0.25, 0.3) is 0 Å². The van der Waals surface area contributed by atoms with Gasteiger partial charge in [0.05, 0.1) is 16.9 Å². The van der Waals surface area contributed by atoms with Gasteiger partial charge in [0, 0.05) is 37.1 Å². The zero-order chi connectivity index (χ0) is 22.9.